The number of piperazine rings is 1. The Hall–Kier alpha value is -1.61. The molecule has 3 heteroatoms. The number of benzene rings is 1. The number of carbonyl (C=O) groups excluding carboxylic acids is 1. The van der Waals surface area contributed by atoms with Crippen LogP contribution in [0.1, 0.15) is 25.3 Å². The first-order valence-corrected chi connectivity index (χ1v) is 7.53. The summed E-state index contributed by atoms with van der Waals surface area (Å²) in [5.74, 6) is 0.325. The van der Waals surface area contributed by atoms with Crippen LogP contribution in [0.5, 0.6) is 0 Å². The van der Waals surface area contributed by atoms with E-state index in [1.165, 1.54) is 12.0 Å². The molecule has 3 heterocycles. The highest BCUT2D eigenvalue weighted by atomic mass is 16.2. The molecule has 0 radical (unpaired) electrons. The zero-order valence-electron chi connectivity index (χ0n) is 12.0. The normalized spacial score (nSPS) is 25.8. The largest absolute Gasteiger partial charge is 0.334 e. The van der Waals surface area contributed by atoms with Crippen LogP contribution in [0, 0.1) is 0 Å². The van der Waals surface area contributed by atoms with E-state index in [1.54, 1.807) is 0 Å². The number of nitrogens with zero attached hydrogens (tertiary/aromatic N) is 2. The van der Waals surface area contributed by atoms with Gasteiger partial charge in [-0.05, 0) is 12.0 Å². The molecule has 0 aromatic heterocycles. The van der Waals surface area contributed by atoms with E-state index >= 15 is 0 Å². The van der Waals surface area contributed by atoms with Crippen molar-refractivity contribution in [2.24, 2.45) is 0 Å². The van der Waals surface area contributed by atoms with Gasteiger partial charge in [0.25, 0.3) is 0 Å². The average molecular weight is 270 g/mol. The Bertz CT molecular complexity index is 485. The van der Waals surface area contributed by atoms with Gasteiger partial charge >= 0.3 is 0 Å². The third-order valence-electron chi connectivity index (χ3n) is 4.33. The van der Waals surface area contributed by atoms with Gasteiger partial charge in [0.2, 0.25) is 5.91 Å². The molecule has 0 saturated carbocycles. The van der Waals surface area contributed by atoms with Gasteiger partial charge in [-0.25, -0.2) is 0 Å². The number of piperidine rings is 1. The van der Waals surface area contributed by atoms with Crippen molar-refractivity contribution in [3.8, 4) is 0 Å². The minimum atomic E-state index is 0.325. The number of amides is 1. The number of hydrogen-bond donors (Lipinski definition) is 0. The van der Waals surface area contributed by atoms with Crippen molar-refractivity contribution in [2.45, 2.75) is 31.8 Å². The smallest absolute Gasteiger partial charge is 0.222 e. The van der Waals surface area contributed by atoms with Crippen LogP contribution in [0.4, 0.5) is 0 Å². The molecule has 1 aromatic carbocycles. The molecule has 3 saturated heterocycles. The molecule has 20 heavy (non-hydrogen) atoms. The van der Waals surface area contributed by atoms with Gasteiger partial charge in [-0.1, -0.05) is 49.4 Å². The zero-order valence-corrected chi connectivity index (χ0v) is 12.0. The predicted octanol–water partition coefficient (Wildman–Crippen LogP) is 2.39. The summed E-state index contributed by atoms with van der Waals surface area (Å²) in [6.45, 7) is 5.00. The standard InChI is InChI=1S/C17H22N2O/c1-2-17(20)19-15-11-16(19)13-18(12-15)10-6-9-14-7-4-3-5-8-14/h3-9,15-16H,2,10-13H2,1H3/b9-6+. The van der Waals surface area contributed by atoms with E-state index < -0.39 is 0 Å². The summed E-state index contributed by atoms with van der Waals surface area (Å²) in [6, 6.07) is 11.3. The lowest BCUT2D eigenvalue weighted by Gasteiger charge is -2.56. The lowest BCUT2D eigenvalue weighted by atomic mass is 9.87. The lowest BCUT2D eigenvalue weighted by molar-refractivity contribution is -0.153. The maximum absolute atomic E-state index is 11.8. The molecule has 2 bridgehead atoms. The quantitative estimate of drug-likeness (QED) is 0.839. The molecule has 2 atom stereocenters. The van der Waals surface area contributed by atoms with Crippen LogP contribution in [0.3, 0.4) is 0 Å². The number of carbonyl (C=O) groups is 1. The van der Waals surface area contributed by atoms with E-state index in [-0.39, 0.29) is 0 Å². The molecule has 3 aliphatic rings. The van der Waals surface area contributed by atoms with Gasteiger partial charge in [0.05, 0.1) is 0 Å². The van der Waals surface area contributed by atoms with E-state index in [9.17, 15) is 4.79 Å². The van der Waals surface area contributed by atoms with Crippen molar-refractivity contribution >= 4 is 12.0 Å². The summed E-state index contributed by atoms with van der Waals surface area (Å²) in [4.78, 5) is 16.4. The highest BCUT2D eigenvalue weighted by molar-refractivity contribution is 5.77. The number of rotatable bonds is 4. The Morgan fingerprint density at radius 2 is 1.95 bits per heavy atom. The van der Waals surface area contributed by atoms with Crippen LogP contribution in [-0.4, -0.2) is 47.4 Å². The zero-order chi connectivity index (χ0) is 13.9. The molecule has 1 aromatic rings. The first-order chi connectivity index (χ1) is 9.78. The van der Waals surface area contributed by atoms with Crippen molar-refractivity contribution in [3.63, 3.8) is 0 Å². The van der Waals surface area contributed by atoms with Crippen LogP contribution >= 0.6 is 0 Å². The fraction of sp³-hybridized carbons (Fsp3) is 0.471. The number of fused-ring (bicyclic) bond motifs is 2. The summed E-state index contributed by atoms with van der Waals surface area (Å²) >= 11 is 0. The Morgan fingerprint density at radius 3 is 2.60 bits per heavy atom. The summed E-state index contributed by atoms with van der Waals surface area (Å²) < 4.78 is 0. The predicted molar refractivity (Wildman–Crippen MR) is 81.2 cm³/mol. The molecule has 2 unspecified atom stereocenters. The number of hydrogen-bond acceptors (Lipinski definition) is 2. The van der Waals surface area contributed by atoms with Crippen molar-refractivity contribution in [2.75, 3.05) is 19.6 Å². The molecule has 106 valence electrons. The average Bonchev–Trinajstić information content (AvgIpc) is 2.48. The van der Waals surface area contributed by atoms with Crippen molar-refractivity contribution in [1.29, 1.82) is 0 Å². The van der Waals surface area contributed by atoms with E-state index in [0.717, 1.165) is 19.6 Å². The topological polar surface area (TPSA) is 23.6 Å². The maximum atomic E-state index is 11.8. The van der Waals surface area contributed by atoms with Gasteiger partial charge < -0.3 is 4.90 Å². The molecule has 3 aliphatic heterocycles. The van der Waals surface area contributed by atoms with Crippen molar-refractivity contribution in [1.82, 2.24) is 9.80 Å². The molecule has 4 rings (SSSR count). The van der Waals surface area contributed by atoms with Crippen molar-refractivity contribution < 1.29 is 4.79 Å². The fourth-order valence-electron chi connectivity index (χ4n) is 3.34. The monoisotopic (exact) mass is 270 g/mol. The van der Waals surface area contributed by atoms with E-state index in [0.29, 0.717) is 24.4 Å². The molecule has 0 aliphatic carbocycles. The second-order valence-electron chi connectivity index (χ2n) is 5.73. The Balaban J connectivity index is 1.50. The Morgan fingerprint density at radius 1 is 1.25 bits per heavy atom. The van der Waals surface area contributed by atoms with Gasteiger partial charge in [0, 0.05) is 38.1 Å². The third-order valence-corrected chi connectivity index (χ3v) is 4.33. The maximum Gasteiger partial charge on any atom is 0.222 e. The highest BCUT2D eigenvalue weighted by Crippen LogP contribution is 2.32. The van der Waals surface area contributed by atoms with Gasteiger partial charge in [-0.15, -0.1) is 0 Å². The SMILES string of the molecule is CCC(=O)N1C2CC1CN(C/C=C/c1ccccc1)C2. The van der Waals surface area contributed by atoms with E-state index in [4.69, 9.17) is 0 Å². The Labute approximate surface area is 120 Å². The summed E-state index contributed by atoms with van der Waals surface area (Å²) in [5.41, 5.74) is 1.25. The van der Waals surface area contributed by atoms with Gasteiger partial charge in [0.1, 0.15) is 0 Å². The second kappa shape index (κ2) is 5.80. The fourth-order valence-corrected chi connectivity index (χ4v) is 3.34. The first kappa shape index (κ1) is 13.4. The first-order valence-electron chi connectivity index (χ1n) is 7.53. The molecule has 0 N–H and O–H groups in total. The lowest BCUT2D eigenvalue weighted by Crippen LogP contribution is -2.69. The molecular weight excluding hydrogens is 248 g/mol. The molecule has 0 spiro atoms. The second-order valence-corrected chi connectivity index (χ2v) is 5.73. The van der Waals surface area contributed by atoms with Crippen LogP contribution in [0.25, 0.3) is 6.08 Å². The highest BCUT2D eigenvalue weighted by Gasteiger charge is 2.45. The van der Waals surface area contributed by atoms with Crippen LogP contribution in [0.15, 0.2) is 36.4 Å². The minimum absolute atomic E-state index is 0.325. The van der Waals surface area contributed by atoms with E-state index in [2.05, 4.69) is 46.2 Å². The van der Waals surface area contributed by atoms with Gasteiger partial charge in [-0.3, -0.25) is 9.69 Å². The van der Waals surface area contributed by atoms with Crippen LogP contribution < -0.4 is 0 Å². The van der Waals surface area contributed by atoms with E-state index in [1.807, 2.05) is 13.0 Å². The minimum Gasteiger partial charge on any atom is -0.334 e. The van der Waals surface area contributed by atoms with Crippen LogP contribution in [0.2, 0.25) is 0 Å². The van der Waals surface area contributed by atoms with Gasteiger partial charge in [-0.2, -0.15) is 0 Å². The third kappa shape index (κ3) is 2.63. The summed E-state index contributed by atoms with van der Waals surface area (Å²) in [6.07, 6.45) is 6.24. The van der Waals surface area contributed by atoms with Crippen LogP contribution in [-0.2, 0) is 4.79 Å². The Kier molecular flexibility index (Phi) is 3.88. The summed E-state index contributed by atoms with van der Waals surface area (Å²) in [7, 11) is 0. The summed E-state index contributed by atoms with van der Waals surface area (Å²) in [5, 5.41) is 0. The van der Waals surface area contributed by atoms with Gasteiger partial charge in [0.15, 0.2) is 0 Å². The molecular formula is C17H22N2O. The van der Waals surface area contributed by atoms with Crippen molar-refractivity contribution in [3.05, 3.63) is 42.0 Å². The molecule has 1 amide bonds. The molecule has 3 nitrogen and oxygen atoms in total. The molecule has 3 fully saturated rings.